The Morgan fingerprint density at radius 1 is 1.17 bits per heavy atom. The third-order valence-corrected chi connectivity index (χ3v) is 0. The summed E-state index contributed by atoms with van der Waals surface area (Å²) in [4.78, 5) is 0. The zero-order valence-corrected chi connectivity index (χ0v) is 5.74. The van der Waals surface area contributed by atoms with Crippen LogP contribution >= 0.6 is 46.4 Å². The van der Waals surface area contributed by atoms with Gasteiger partial charge in [-0.3, -0.25) is 0 Å². The first-order valence-corrected chi connectivity index (χ1v) is 2.74. The summed E-state index contributed by atoms with van der Waals surface area (Å²) in [5.74, 6) is 0. The van der Waals surface area contributed by atoms with Gasteiger partial charge in [0.2, 0.25) is 0 Å². The van der Waals surface area contributed by atoms with Crippen molar-refractivity contribution >= 4 is 46.4 Å². The zero-order valence-electron chi connectivity index (χ0n) is 4.72. The molecule has 0 aromatic heterocycles. The van der Waals surface area contributed by atoms with Crippen molar-refractivity contribution in [3.8, 4) is 0 Å². The van der Waals surface area contributed by atoms with E-state index < -0.39 is 5.29 Å². The fraction of sp³-hybridized carbons (Fsp3) is 1.00. The quantitative estimate of drug-likeness (QED) is 0.492. The minimum atomic E-state index is -2.06. The van der Waals surface area contributed by atoms with Crippen LogP contribution in [0.1, 0.15) is 2.74 Å². The lowest BCUT2D eigenvalue weighted by Crippen LogP contribution is -1.24. The minimum Gasteiger partial charge on any atom is -0.109 e. The Hall–Kier alpha value is 1.16. The maximum Gasteiger partial charge on any atom is 0.0967 e. The summed E-state index contributed by atoms with van der Waals surface area (Å²) in [6, 6.07) is 0. The van der Waals surface area contributed by atoms with Gasteiger partial charge in [0.25, 0.3) is 0 Å². The van der Waals surface area contributed by atoms with Gasteiger partial charge in [0.05, 0.1) is 13.4 Å². The molecule has 4 heteroatoms. The first-order chi connectivity index (χ1) is 3.41. The largest absolute Gasteiger partial charge is 0.109 e. The Morgan fingerprint density at radius 2 is 1.17 bits per heavy atom. The summed E-state index contributed by atoms with van der Waals surface area (Å²) >= 11 is 18.8. The molecule has 0 spiro atoms. The van der Waals surface area contributed by atoms with Crippen LogP contribution in [0.4, 0.5) is 0 Å². The summed E-state index contributed by atoms with van der Waals surface area (Å²) in [6.45, 7) is 0. The average molecular weight is 172 g/mol. The van der Waals surface area contributed by atoms with Gasteiger partial charge < -0.3 is 0 Å². The summed E-state index contributed by atoms with van der Waals surface area (Å²) < 4.78 is 12.3. The van der Waals surface area contributed by atoms with Crippen LogP contribution in [0.15, 0.2) is 0 Å². The number of hydrogen-bond acceptors (Lipinski definition) is 0. The predicted octanol–water partition coefficient (Wildman–Crippen LogP) is 2.84. The highest BCUT2D eigenvalue weighted by Gasteiger charge is 1.42. The second-order valence-electron chi connectivity index (χ2n) is 0.172. The number of alkyl halides is 4. The Balaban J connectivity index is 0. The van der Waals surface area contributed by atoms with Gasteiger partial charge in [0.15, 0.2) is 0 Å². The SMILES string of the molecule is ClCCl.[2H]C([2H])(Cl)Cl. The average Bonchev–Trinajstić information content (AvgIpc) is 1.27. The van der Waals surface area contributed by atoms with Crippen molar-refractivity contribution in [1.82, 2.24) is 0 Å². The molecular weight excluding hydrogens is 166 g/mol. The van der Waals surface area contributed by atoms with Crippen LogP contribution in [-0.4, -0.2) is 10.6 Å². The van der Waals surface area contributed by atoms with Crippen LogP contribution < -0.4 is 0 Å². The first-order valence-electron chi connectivity index (χ1n) is 1.91. The monoisotopic (exact) mass is 170 g/mol. The molecule has 0 heterocycles. The van der Waals surface area contributed by atoms with E-state index in [0.29, 0.717) is 0 Å². The van der Waals surface area contributed by atoms with E-state index in [0.717, 1.165) is 0 Å². The maximum atomic E-state index is 6.14. The Bertz CT molecular complexity index is 35.8. The topological polar surface area (TPSA) is 0 Å². The van der Waals surface area contributed by atoms with Crippen LogP contribution in [0.25, 0.3) is 0 Å². The Labute approximate surface area is 60.1 Å². The lowest BCUT2D eigenvalue weighted by molar-refractivity contribution is 2.20. The normalized spacial score (nSPS) is 13.3. The molecule has 0 aliphatic rings. The van der Waals surface area contributed by atoms with Crippen LogP contribution in [0.2, 0.25) is 0 Å². The van der Waals surface area contributed by atoms with E-state index in [1.807, 2.05) is 0 Å². The molecule has 0 aromatic rings. The van der Waals surface area contributed by atoms with Crippen LogP contribution in [0.3, 0.4) is 0 Å². The zero-order chi connectivity index (χ0) is 7.21. The molecule has 0 radical (unpaired) electrons. The number of halogens is 4. The highest BCUT2D eigenvalue weighted by molar-refractivity contribution is 6.40. The van der Waals surface area contributed by atoms with Gasteiger partial charge in [-0.1, -0.05) is 0 Å². The van der Waals surface area contributed by atoms with Crippen LogP contribution in [-0.2, 0) is 0 Å². The van der Waals surface area contributed by atoms with E-state index in [2.05, 4.69) is 23.2 Å². The van der Waals surface area contributed by atoms with Crippen molar-refractivity contribution in [3.63, 3.8) is 0 Å². The summed E-state index contributed by atoms with van der Waals surface area (Å²) in [5.41, 5.74) is 0. The predicted molar refractivity (Wildman–Crippen MR) is 33.1 cm³/mol. The molecule has 0 nitrogen and oxygen atoms in total. The van der Waals surface area contributed by atoms with Crippen LogP contribution in [0.5, 0.6) is 0 Å². The van der Waals surface area contributed by atoms with E-state index in [4.69, 9.17) is 25.9 Å². The standard InChI is InChI=1S/2CH2Cl2/c2*2-1-3/h2*1H2/i1D2;. The fourth-order valence-corrected chi connectivity index (χ4v) is 0. The second-order valence-corrected chi connectivity index (χ2v) is 1.55. The van der Waals surface area contributed by atoms with Crippen molar-refractivity contribution in [1.29, 1.82) is 0 Å². The molecule has 0 aliphatic carbocycles. The summed E-state index contributed by atoms with van der Waals surface area (Å²) in [7, 11) is 0. The highest BCUT2D eigenvalue weighted by Crippen LogP contribution is 1.73. The van der Waals surface area contributed by atoms with Gasteiger partial charge in [0, 0.05) is 0 Å². The van der Waals surface area contributed by atoms with E-state index in [1.54, 1.807) is 0 Å². The smallest absolute Gasteiger partial charge is 0.0967 e. The second kappa shape index (κ2) is 16.4. The van der Waals surface area contributed by atoms with Crippen molar-refractivity contribution in [2.24, 2.45) is 0 Å². The number of rotatable bonds is 0. The van der Waals surface area contributed by atoms with Crippen LogP contribution in [0, 0.1) is 0 Å². The van der Waals surface area contributed by atoms with Gasteiger partial charge in [-0.05, 0) is 0 Å². The number of hydrogen-bond donors (Lipinski definition) is 0. The summed E-state index contributed by atoms with van der Waals surface area (Å²) in [5, 5.41) is -1.86. The van der Waals surface area contributed by atoms with Crippen molar-refractivity contribution < 1.29 is 2.74 Å². The van der Waals surface area contributed by atoms with Gasteiger partial charge in [-0.2, -0.15) is 0 Å². The molecular formula is C2H4Cl4. The molecule has 40 valence electrons. The first kappa shape index (κ1) is 5.30. The molecule has 0 N–H and O–H groups in total. The van der Waals surface area contributed by atoms with Crippen molar-refractivity contribution in [3.05, 3.63) is 0 Å². The van der Waals surface area contributed by atoms with Crippen molar-refractivity contribution in [2.75, 3.05) is 10.6 Å². The molecule has 0 aromatic carbocycles. The van der Waals surface area contributed by atoms with Gasteiger partial charge in [0.1, 0.15) is 0 Å². The molecule has 0 rings (SSSR count). The Kier molecular flexibility index (Phi) is 14.5. The van der Waals surface area contributed by atoms with E-state index >= 15 is 0 Å². The summed E-state index contributed by atoms with van der Waals surface area (Å²) in [6.07, 6.45) is 0. The van der Waals surface area contributed by atoms with Gasteiger partial charge in [-0.25, -0.2) is 0 Å². The highest BCUT2D eigenvalue weighted by atomic mass is 35.5. The maximum absolute atomic E-state index is 6.14. The molecule has 0 saturated heterocycles. The molecule has 0 bridgehead atoms. The fourth-order valence-electron chi connectivity index (χ4n) is 0. The van der Waals surface area contributed by atoms with Gasteiger partial charge >= 0.3 is 0 Å². The lowest BCUT2D eigenvalue weighted by atomic mass is 11.9. The minimum absolute atomic E-state index is 0.194. The molecule has 0 saturated carbocycles. The molecule has 0 aliphatic heterocycles. The van der Waals surface area contributed by atoms with E-state index in [-0.39, 0.29) is 5.34 Å². The Morgan fingerprint density at radius 3 is 1.17 bits per heavy atom. The van der Waals surface area contributed by atoms with E-state index in [9.17, 15) is 0 Å². The molecule has 0 fully saturated rings. The van der Waals surface area contributed by atoms with Gasteiger partial charge in [-0.15, -0.1) is 46.4 Å². The molecule has 0 unspecified atom stereocenters. The third-order valence-electron chi connectivity index (χ3n) is 0. The molecule has 0 amide bonds. The molecule has 6 heavy (non-hydrogen) atoms. The van der Waals surface area contributed by atoms with E-state index in [1.165, 1.54) is 0 Å². The van der Waals surface area contributed by atoms with Crippen molar-refractivity contribution in [2.45, 2.75) is 0 Å². The lowest BCUT2D eigenvalue weighted by Gasteiger charge is -1.42. The third kappa shape index (κ3) is 66.4. The molecule has 0 atom stereocenters.